The predicted molar refractivity (Wildman–Crippen MR) is 59.8 cm³/mol. The smallest absolute Gasteiger partial charge is 0.216 e. The average Bonchev–Trinajstić information content (AvgIpc) is 2.17. The van der Waals surface area contributed by atoms with E-state index in [2.05, 4.69) is 36.1 Å². The Bertz CT molecular complexity index is 320. The fourth-order valence-corrected chi connectivity index (χ4v) is 1.65. The van der Waals surface area contributed by atoms with Crippen LogP contribution in [0.4, 0.5) is 0 Å². The molecule has 1 rings (SSSR count). The SMILES string of the molecule is CNC(c1cc(OC)ncn1)C(C)(C)C. The monoisotopic (exact) mass is 209 g/mol. The number of hydrogen-bond acceptors (Lipinski definition) is 4. The second kappa shape index (κ2) is 4.57. The number of ether oxygens (including phenoxy) is 1. The van der Waals surface area contributed by atoms with E-state index in [4.69, 9.17) is 4.74 Å². The van der Waals surface area contributed by atoms with Crippen molar-refractivity contribution in [2.75, 3.05) is 14.2 Å². The van der Waals surface area contributed by atoms with E-state index in [1.54, 1.807) is 7.11 Å². The minimum atomic E-state index is 0.105. The third kappa shape index (κ3) is 2.89. The Kier molecular flexibility index (Phi) is 3.63. The van der Waals surface area contributed by atoms with Gasteiger partial charge in [0.2, 0.25) is 5.88 Å². The number of methoxy groups -OCH3 is 1. The highest BCUT2D eigenvalue weighted by Gasteiger charge is 2.26. The number of hydrogen-bond donors (Lipinski definition) is 1. The lowest BCUT2D eigenvalue weighted by Crippen LogP contribution is -2.30. The first-order valence-corrected chi connectivity index (χ1v) is 5.02. The van der Waals surface area contributed by atoms with Crippen LogP contribution in [0.3, 0.4) is 0 Å². The van der Waals surface area contributed by atoms with E-state index < -0.39 is 0 Å². The Hall–Kier alpha value is -1.16. The molecular formula is C11H19N3O. The zero-order valence-corrected chi connectivity index (χ0v) is 10.0. The summed E-state index contributed by atoms with van der Waals surface area (Å²) in [4.78, 5) is 8.27. The number of nitrogens with zero attached hydrogens (tertiary/aromatic N) is 2. The van der Waals surface area contributed by atoms with Crippen molar-refractivity contribution in [3.8, 4) is 5.88 Å². The van der Waals surface area contributed by atoms with Gasteiger partial charge in [-0.15, -0.1) is 0 Å². The van der Waals surface area contributed by atoms with E-state index >= 15 is 0 Å². The Balaban J connectivity index is 3.02. The Labute approximate surface area is 91.1 Å². The Morgan fingerprint density at radius 3 is 2.47 bits per heavy atom. The van der Waals surface area contributed by atoms with Gasteiger partial charge in [-0.05, 0) is 12.5 Å². The lowest BCUT2D eigenvalue weighted by molar-refractivity contribution is 0.280. The van der Waals surface area contributed by atoms with Gasteiger partial charge in [0.25, 0.3) is 0 Å². The van der Waals surface area contributed by atoms with E-state index in [1.807, 2.05) is 13.1 Å². The molecule has 1 heterocycles. The summed E-state index contributed by atoms with van der Waals surface area (Å²) in [5, 5.41) is 3.26. The maximum atomic E-state index is 5.08. The van der Waals surface area contributed by atoms with Crippen molar-refractivity contribution >= 4 is 0 Å². The first-order valence-electron chi connectivity index (χ1n) is 5.02. The summed E-state index contributed by atoms with van der Waals surface area (Å²) in [6.07, 6.45) is 1.53. The molecule has 0 saturated carbocycles. The topological polar surface area (TPSA) is 47.0 Å². The van der Waals surface area contributed by atoms with Crippen LogP contribution in [-0.2, 0) is 0 Å². The van der Waals surface area contributed by atoms with Gasteiger partial charge in [0.15, 0.2) is 0 Å². The zero-order valence-electron chi connectivity index (χ0n) is 10.0. The Morgan fingerprint density at radius 1 is 1.33 bits per heavy atom. The third-order valence-electron chi connectivity index (χ3n) is 2.32. The molecule has 1 unspecified atom stereocenters. The van der Waals surface area contributed by atoms with Crippen LogP contribution in [0.5, 0.6) is 5.88 Å². The number of nitrogens with one attached hydrogen (secondary N) is 1. The van der Waals surface area contributed by atoms with Crippen LogP contribution < -0.4 is 10.1 Å². The quantitative estimate of drug-likeness (QED) is 0.824. The fraction of sp³-hybridized carbons (Fsp3) is 0.636. The van der Waals surface area contributed by atoms with Crippen LogP contribution >= 0.6 is 0 Å². The van der Waals surface area contributed by atoms with E-state index in [0.717, 1.165) is 5.69 Å². The van der Waals surface area contributed by atoms with Crippen molar-refractivity contribution in [3.63, 3.8) is 0 Å². The van der Waals surface area contributed by atoms with E-state index in [1.165, 1.54) is 6.33 Å². The summed E-state index contributed by atoms with van der Waals surface area (Å²) in [5.74, 6) is 0.601. The lowest BCUT2D eigenvalue weighted by Gasteiger charge is -2.29. The van der Waals surface area contributed by atoms with Gasteiger partial charge < -0.3 is 10.1 Å². The fourth-order valence-electron chi connectivity index (χ4n) is 1.65. The molecule has 1 aromatic heterocycles. The first kappa shape index (κ1) is 11.9. The molecule has 1 N–H and O–H groups in total. The molecule has 0 fully saturated rings. The van der Waals surface area contributed by atoms with Gasteiger partial charge in [0, 0.05) is 6.07 Å². The zero-order chi connectivity index (χ0) is 11.5. The molecule has 0 bridgehead atoms. The van der Waals surface area contributed by atoms with Crippen LogP contribution in [0.1, 0.15) is 32.5 Å². The molecule has 0 saturated heterocycles. The third-order valence-corrected chi connectivity index (χ3v) is 2.32. The summed E-state index contributed by atoms with van der Waals surface area (Å²) in [6.45, 7) is 6.51. The van der Waals surface area contributed by atoms with Gasteiger partial charge in [0.1, 0.15) is 6.33 Å². The maximum absolute atomic E-state index is 5.08. The van der Waals surface area contributed by atoms with Gasteiger partial charge >= 0.3 is 0 Å². The van der Waals surface area contributed by atoms with Gasteiger partial charge in [-0.25, -0.2) is 9.97 Å². The lowest BCUT2D eigenvalue weighted by atomic mass is 9.85. The van der Waals surface area contributed by atoms with Gasteiger partial charge in [-0.1, -0.05) is 20.8 Å². The molecule has 0 aromatic carbocycles. The molecular weight excluding hydrogens is 190 g/mol. The van der Waals surface area contributed by atoms with E-state index in [-0.39, 0.29) is 11.5 Å². The largest absolute Gasteiger partial charge is 0.481 e. The van der Waals surface area contributed by atoms with Crippen LogP contribution in [0, 0.1) is 5.41 Å². The average molecular weight is 209 g/mol. The van der Waals surface area contributed by atoms with Crippen LogP contribution in [0.15, 0.2) is 12.4 Å². The molecule has 0 amide bonds. The van der Waals surface area contributed by atoms with Crippen molar-refractivity contribution in [2.45, 2.75) is 26.8 Å². The highest BCUT2D eigenvalue weighted by molar-refractivity contribution is 5.18. The van der Waals surface area contributed by atoms with E-state index in [9.17, 15) is 0 Å². The minimum absolute atomic E-state index is 0.105. The standard InChI is InChI=1S/C11H19N3O/c1-11(2,3)10(12-4)8-6-9(15-5)14-7-13-8/h6-7,10,12H,1-5H3. The van der Waals surface area contributed by atoms with Gasteiger partial charge in [0.05, 0.1) is 18.8 Å². The van der Waals surface area contributed by atoms with Crippen molar-refractivity contribution in [2.24, 2.45) is 5.41 Å². The van der Waals surface area contributed by atoms with E-state index in [0.29, 0.717) is 5.88 Å². The highest BCUT2D eigenvalue weighted by Crippen LogP contribution is 2.31. The van der Waals surface area contributed by atoms with Crippen LogP contribution in [0.2, 0.25) is 0 Å². The molecule has 1 aromatic rings. The molecule has 0 aliphatic rings. The molecule has 84 valence electrons. The van der Waals surface area contributed by atoms with Crippen LogP contribution in [-0.4, -0.2) is 24.1 Å². The van der Waals surface area contributed by atoms with Crippen molar-refractivity contribution in [1.82, 2.24) is 15.3 Å². The van der Waals surface area contributed by atoms with Crippen molar-refractivity contribution in [3.05, 3.63) is 18.1 Å². The second-order valence-corrected chi connectivity index (χ2v) is 4.57. The minimum Gasteiger partial charge on any atom is -0.481 e. The summed E-state index contributed by atoms with van der Waals surface area (Å²) >= 11 is 0. The summed E-state index contributed by atoms with van der Waals surface area (Å²) in [6, 6.07) is 2.06. The maximum Gasteiger partial charge on any atom is 0.216 e. The molecule has 1 atom stereocenters. The number of rotatable bonds is 3. The molecule has 15 heavy (non-hydrogen) atoms. The molecule has 4 nitrogen and oxygen atoms in total. The van der Waals surface area contributed by atoms with Gasteiger partial charge in [-0.2, -0.15) is 0 Å². The van der Waals surface area contributed by atoms with Crippen molar-refractivity contribution < 1.29 is 4.74 Å². The second-order valence-electron chi connectivity index (χ2n) is 4.57. The van der Waals surface area contributed by atoms with Gasteiger partial charge in [-0.3, -0.25) is 0 Å². The summed E-state index contributed by atoms with van der Waals surface area (Å²) in [5.41, 5.74) is 1.06. The summed E-state index contributed by atoms with van der Waals surface area (Å²) in [7, 11) is 3.54. The Morgan fingerprint density at radius 2 is 2.00 bits per heavy atom. The number of aromatic nitrogens is 2. The summed E-state index contributed by atoms with van der Waals surface area (Å²) < 4.78 is 5.08. The highest BCUT2D eigenvalue weighted by atomic mass is 16.5. The molecule has 0 aliphatic carbocycles. The van der Waals surface area contributed by atoms with Crippen molar-refractivity contribution in [1.29, 1.82) is 0 Å². The predicted octanol–water partition coefficient (Wildman–Crippen LogP) is 1.79. The molecule has 0 radical (unpaired) electrons. The first-order chi connectivity index (χ1) is 6.99. The molecule has 0 aliphatic heterocycles. The molecule has 0 spiro atoms. The van der Waals surface area contributed by atoms with Crippen LogP contribution in [0.25, 0.3) is 0 Å². The molecule has 4 heteroatoms. The normalized spacial score (nSPS) is 13.7.